The van der Waals surface area contributed by atoms with Crippen LogP contribution in [-0.4, -0.2) is 62.0 Å². The molecule has 8 heteroatoms. The van der Waals surface area contributed by atoms with Crippen LogP contribution in [0.15, 0.2) is 0 Å². The lowest BCUT2D eigenvalue weighted by Crippen LogP contribution is -2.47. The van der Waals surface area contributed by atoms with Crippen molar-refractivity contribution in [3.8, 4) is 0 Å². The molecule has 0 aromatic carbocycles. The number of aromatic nitrogens is 2. The van der Waals surface area contributed by atoms with E-state index in [1.807, 2.05) is 32.7 Å². The molecule has 0 radical (unpaired) electrons. The Morgan fingerprint density at radius 3 is 2.68 bits per heavy atom. The first-order chi connectivity index (χ1) is 10.2. The predicted molar refractivity (Wildman–Crippen MR) is 88.6 cm³/mol. The first kappa shape index (κ1) is 17.2. The van der Waals surface area contributed by atoms with Crippen LogP contribution < -0.4 is 10.2 Å². The fourth-order valence-corrected chi connectivity index (χ4v) is 4.02. The number of hydrogen-bond donors (Lipinski definition) is 1. The average Bonchev–Trinajstić information content (AvgIpc) is 2.70. The molecule has 1 saturated heterocycles. The Kier molecular flexibility index (Phi) is 5.14. The third-order valence-corrected chi connectivity index (χ3v) is 5.43. The molecule has 1 aromatic rings. The molecule has 0 amide bonds. The van der Waals surface area contributed by atoms with E-state index in [1.165, 1.54) is 11.8 Å². The maximum Gasteiger partial charge on any atom is 0.211 e. The summed E-state index contributed by atoms with van der Waals surface area (Å²) < 4.78 is 26.8. The molecule has 1 unspecified atom stereocenters. The minimum Gasteiger partial charge on any atom is -0.363 e. The van der Waals surface area contributed by atoms with Crippen LogP contribution in [0.25, 0.3) is 0 Å². The molecular weight excluding hydrogens is 302 g/mol. The monoisotopic (exact) mass is 329 g/mol. The molecule has 0 bridgehead atoms. The topological polar surface area (TPSA) is 70.5 Å². The van der Waals surface area contributed by atoms with Gasteiger partial charge >= 0.3 is 0 Å². The van der Waals surface area contributed by atoms with Gasteiger partial charge in [-0.1, -0.05) is 0 Å². The van der Waals surface area contributed by atoms with E-state index in [0.717, 1.165) is 24.4 Å². The van der Waals surface area contributed by atoms with Gasteiger partial charge in [-0.3, -0.25) is 4.68 Å². The zero-order valence-corrected chi connectivity index (χ0v) is 14.9. The van der Waals surface area contributed by atoms with Crippen LogP contribution in [0.2, 0.25) is 0 Å². The van der Waals surface area contributed by atoms with Gasteiger partial charge in [0.15, 0.2) is 0 Å². The van der Waals surface area contributed by atoms with Crippen molar-refractivity contribution in [1.82, 2.24) is 19.4 Å². The Bertz CT molecular complexity index is 623. The van der Waals surface area contributed by atoms with Crippen molar-refractivity contribution in [2.45, 2.75) is 32.4 Å². The summed E-state index contributed by atoms with van der Waals surface area (Å²) in [6.45, 7) is 3.89. The predicted octanol–water partition coefficient (Wildman–Crippen LogP) is 0.308. The minimum absolute atomic E-state index is 0.193. The van der Waals surface area contributed by atoms with Crippen LogP contribution >= 0.6 is 0 Å². The average molecular weight is 329 g/mol. The quantitative estimate of drug-likeness (QED) is 0.842. The summed E-state index contributed by atoms with van der Waals surface area (Å²) in [5.74, 6) is 1.08. The summed E-state index contributed by atoms with van der Waals surface area (Å²) in [6, 6.07) is 0.193. The molecule has 1 aliphatic heterocycles. The largest absolute Gasteiger partial charge is 0.363 e. The van der Waals surface area contributed by atoms with Crippen molar-refractivity contribution in [1.29, 1.82) is 0 Å². The molecule has 1 N–H and O–H groups in total. The Morgan fingerprint density at radius 2 is 2.09 bits per heavy atom. The second kappa shape index (κ2) is 6.55. The van der Waals surface area contributed by atoms with Gasteiger partial charge in [0.05, 0.1) is 11.9 Å². The molecule has 126 valence electrons. The highest BCUT2D eigenvalue weighted by Gasteiger charge is 2.26. The van der Waals surface area contributed by atoms with E-state index in [1.54, 1.807) is 4.31 Å². The van der Waals surface area contributed by atoms with Crippen molar-refractivity contribution in [3.05, 3.63) is 11.3 Å². The summed E-state index contributed by atoms with van der Waals surface area (Å²) in [5.41, 5.74) is 2.18. The fraction of sp³-hybridized carbons (Fsp3) is 0.786. The number of nitrogens with zero attached hydrogens (tertiary/aromatic N) is 4. The summed E-state index contributed by atoms with van der Waals surface area (Å²) >= 11 is 0. The van der Waals surface area contributed by atoms with Gasteiger partial charge in [-0.15, -0.1) is 0 Å². The number of hydrogen-bond acceptors (Lipinski definition) is 5. The zero-order chi connectivity index (χ0) is 16.5. The van der Waals surface area contributed by atoms with E-state index >= 15 is 0 Å². The van der Waals surface area contributed by atoms with E-state index < -0.39 is 10.0 Å². The standard InChI is InChI=1S/C14H27N5O2S/c1-11-13(14(17(2)3)18(4)16-11)9-15-12-7-6-8-19(10-12)22(5,20)21/h12,15H,6-10H2,1-5H3. The van der Waals surface area contributed by atoms with Crippen LogP contribution in [0, 0.1) is 6.92 Å². The minimum atomic E-state index is -3.10. The van der Waals surface area contributed by atoms with E-state index in [4.69, 9.17) is 0 Å². The molecular formula is C14H27N5O2S. The molecule has 1 aromatic heterocycles. The van der Waals surface area contributed by atoms with Crippen LogP contribution in [0.4, 0.5) is 5.82 Å². The molecule has 1 fully saturated rings. The zero-order valence-electron chi connectivity index (χ0n) is 14.1. The smallest absolute Gasteiger partial charge is 0.211 e. The highest BCUT2D eigenvalue weighted by Crippen LogP contribution is 2.22. The maximum absolute atomic E-state index is 11.7. The van der Waals surface area contributed by atoms with Crippen LogP contribution in [-0.2, 0) is 23.6 Å². The van der Waals surface area contributed by atoms with Gasteiger partial charge in [-0.05, 0) is 19.8 Å². The highest BCUT2D eigenvalue weighted by atomic mass is 32.2. The van der Waals surface area contributed by atoms with Gasteiger partial charge in [0, 0.05) is 52.4 Å². The second-order valence-electron chi connectivity index (χ2n) is 6.25. The Morgan fingerprint density at radius 1 is 1.41 bits per heavy atom. The SMILES string of the molecule is Cc1nn(C)c(N(C)C)c1CNC1CCCN(S(C)(=O)=O)C1. The molecule has 0 aliphatic carbocycles. The maximum atomic E-state index is 11.7. The van der Waals surface area contributed by atoms with E-state index in [9.17, 15) is 8.42 Å². The third kappa shape index (κ3) is 3.80. The van der Waals surface area contributed by atoms with Crippen molar-refractivity contribution in [2.75, 3.05) is 38.3 Å². The lowest BCUT2D eigenvalue weighted by atomic mass is 10.1. The summed E-state index contributed by atoms with van der Waals surface area (Å²) in [4.78, 5) is 2.06. The van der Waals surface area contributed by atoms with E-state index in [2.05, 4.69) is 15.3 Å². The van der Waals surface area contributed by atoms with Crippen molar-refractivity contribution < 1.29 is 8.42 Å². The van der Waals surface area contributed by atoms with Crippen LogP contribution in [0.5, 0.6) is 0 Å². The number of sulfonamides is 1. The van der Waals surface area contributed by atoms with Crippen molar-refractivity contribution in [2.24, 2.45) is 7.05 Å². The number of piperidine rings is 1. The number of anilines is 1. The second-order valence-corrected chi connectivity index (χ2v) is 8.23. The first-order valence-corrected chi connectivity index (χ1v) is 9.43. The lowest BCUT2D eigenvalue weighted by molar-refractivity contribution is 0.284. The summed E-state index contributed by atoms with van der Waals surface area (Å²) in [5, 5.41) is 7.98. The lowest BCUT2D eigenvalue weighted by Gasteiger charge is -2.31. The summed E-state index contributed by atoms with van der Waals surface area (Å²) in [7, 11) is 2.86. The van der Waals surface area contributed by atoms with Gasteiger partial charge in [-0.2, -0.15) is 5.10 Å². The van der Waals surface area contributed by atoms with Gasteiger partial charge in [0.25, 0.3) is 0 Å². The summed E-state index contributed by atoms with van der Waals surface area (Å²) in [6.07, 6.45) is 3.19. The van der Waals surface area contributed by atoms with Gasteiger partial charge in [0.1, 0.15) is 5.82 Å². The number of nitrogens with one attached hydrogen (secondary N) is 1. The first-order valence-electron chi connectivity index (χ1n) is 7.58. The van der Waals surface area contributed by atoms with Crippen LogP contribution in [0.1, 0.15) is 24.1 Å². The normalized spacial score (nSPS) is 20.3. The number of rotatable bonds is 5. The molecule has 0 spiro atoms. The van der Waals surface area contributed by atoms with Gasteiger partial charge in [0.2, 0.25) is 10.0 Å². The third-order valence-electron chi connectivity index (χ3n) is 4.16. The van der Waals surface area contributed by atoms with Gasteiger partial charge < -0.3 is 10.2 Å². The fourth-order valence-electron chi connectivity index (χ4n) is 3.11. The molecule has 1 aliphatic rings. The van der Waals surface area contributed by atoms with Crippen LogP contribution in [0.3, 0.4) is 0 Å². The molecule has 0 saturated carbocycles. The molecule has 2 rings (SSSR count). The Hall–Kier alpha value is -1.12. The van der Waals surface area contributed by atoms with Crippen molar-refractivity contribution in [3.63, 3.8) is 0 Å². The van der Waals surface area contributed by atoms with Gasteiger partial charge in [-0.25, -0.2) is 12.7 Å². The Labute approximate surface area is 133 Å². The number of aryl methyl sites for hydroxylation is 2. The molecule has 22 heavy (non-hydrogen) atoms. The molecule has 1 atom stereocenters. The van der Waals surface area contributed by atoms with E-state index in [0.29, 0.717) is 19.6 Å². The Balaban J connectivity index is 2.04. The highest BCUT2D eigenvalue weighted by molar-refractivity contribution is 7.88. The molecule has 2 heterocycles. The van der Waals surface area contributed by atoms with Crippen molar-refractivity contribution >= 4 is 15.8 Å². The molecule has 7 nitrogen and oxygen atoms in total. The van der Waals surface area contributed by atoms with E-state index in [-0.39, 0.29) is 6.04 Å².